The minimum Gasteiger partial charge on any atom is -0.378 e. The van der Waals surface area contributed by atoms with Gasteiger partial charge in [-0.05, 0) is 31.0 Å². The van der Waals surface area contributed by atoms with Gasteiger partial charge in [-0.15, -0.1) is 0 Å². The average Bonchev–Trinajstić information content (AvgIpc) is 3.17. The molecule has 2 saturated heterocycles. The van der Waals surface area contributed by atoms with Crippen molar-refractivity contribution in [2.75, 3.05) is 49.6 Å². The second-order valence-corrected chi connectivity index (χ2v) is 5.89. The number of carbonyl (C=O) groups is 1. The third-order valence-corrected chi connectivity index (χ3v) is 4.42. The van der Waals surface area contributed by atoms with Crippen LogP contribution in [0.1, 0.15) is 18.4 Å². The van der Waals surface area contributed by atoms with Gasteiger partial charge < -0.3 is 15.0 Å². The van der Waals surface area contributed by atoms with Gasteiger partial charge >= 0.3 is 0 Å². The summed E-state index contributed by atoms with van der Waals surface area (Å²) in [5, 5.41) is 9.39. The fraction of sp³-hybridized carbons (Fsp3) is 0.500. The predicted molar refractivity (Wildman–Crippen MR) is 85.4 cm³/mol. The highest BCUT2D eigenvalue weighted by molar-refractivity contribution is 6.53. The van der Waals surface area contributed by atoms with Crippen LogP contribution in [0.15, 0.2) is 23.3 Å². The van der Waals surface area contributed by atoms with Crippen molar-refractivity contribution in [1.29, 1.82) is 0 Å². The van der Waals surface area contributed by atoms with Crippen LogP contribution in [0.4, 0.5) is 11.4 Å². The first-order chi connectivity index (χ1) is 10.8. The van der Waals surface area contributed by atoms with Gasteiger partial charge in [0.15, 0.2) is 5.71 Å². The summed E-state index contributed by atoms with van der Waals surface area (Å²) in [4.78, 5) is 14.6. The van der Waals surface area contributed by atoms with Crippen LogP contribution in [0.3, 0.4) is 0 Å². The van der Waals surface area contributed by atoms with E-state index >= 15 is 0 Å². The van der Waals surface area contributed by atoms with Gasteiger partial charge in [0.05, 0.1) is 32.0 Å². The minimum absolute atomic E-state index is 0.111. The van der Waals surface area contributed by atoms with E-state index in [0.717, 1.165) is 37.4 Å². The maximum absolute atomic E-state index is 12.2. The molecule has 1 N–H and O–H groups in total. The Labute approximate surface area is 129 Å². The van der Waals surface area contributed by atoms with Crippen molar-refractivity contribution in [3.8, 4) is 0 Å². The zero-order chi connectivity index (χ0) is 14.9. The molecule has 3 aliphatic heterocycles. The van der Waals surface area contributed by atoms with Crippen LogP contribution in [0.2, 0.25) is 0 Å². The normalized spacial score (nSPS) is 23.1. The monoisotopic (exact) mass is 300 g/mol. The highest BCUT2D eigenvalue weighted by Crippen LogP contribution is 2.30. The van der Waals surface area contributed by atoms with E-state index < -0.39 is 0 Å². The summed E-state index contributed by atoms with van der Waals surface area (Å²) in [6.45, 7) is 5.00. The Morgan fingerprint density at radius 2 is 1.86 bits per heavy atom. The summed E-state index contributed by atoms with van der Waals surface area (Å²) >= 11 is 0. The molecule has 0 atom stereocenters. The first kappa shape index (κ1) is 13.6. The van der Waals surface area contributed by atoms with Gasteiger partial charge in [-0.1, -0.05) is 0 Å². The summed E-state index contributed by atoms with van der Waals surface area (Å²) in [7, 11) is 0. The van der Waals surface area contributed by atoms with Crippen LogP contribution >= 0.6 is 0 Å². The number of hydrazone groups is 1. The van der Waals surface area contributed by atoms with Gasteiger partial charge in [-0.3, -0.25) is 9.80 Å². The lowest BCUT2D eigenvalue weighted by Crippen LogP contribution is -2.34. The van der Waals surface area contributed by atoms with Crippen LogP contribution in [-0.2, 0) is 9.53 Å². The molecule has 6 nitrogen and oxygen atoms in total. The Bertz CT molecular complexity index is 617. The van der Waals surface area contributed by atoms with Gasteiger partial charge in [0.25, 0.3) is 5.91 Å². The molecule has 116 valence electrons. The van der Waals surface area contributed by atoms with Crippen LogP contribution in [0, 0.1) is 0 Å². The smallest absolute Gasteiger partial charge is 0.276 e. The topological polar surface area (TPSA) is 57.2 Å². The first-order valence-corrected chi connectivity index (χ1v) is 7.93. The maximum atomic E-state index is 12.2. The molecule has 3 aliphatic rings. The molecule has 2 fully saturated rings. The van der Waals surface area contributed by atoms with E-state index in [1.807, 2.05) is 11.1 Å². The summed E-state index contributed by atoms with van der Waals surface area (Å²) < 4.78 is 5.32. The van der Waals surface area contributed by atoms with Crippen LogP contribution in [0.5, 0.6) is 0 Å². The van der Waals surface area contributed by atoms with E-state index in [1.54, 1.807) is 0 Å². The van der Waals surface area contributed by atoms with Gasteiger partial charge in [0.2, 0.25) is 0 Å². The first-order valence-electron chi connectivity index (χ1n) is 7.93. The number of rotatable bonds is 2. The van der Waals surface area contributed by atoms with Crippen LogP contribution in [0.25, 0.3) is 0 Å². The number of hydrogen-bond donors (Lipinski definition) is 1. The number of nitrogens with zero attached hydrogens (tertiary/aromatic N) is 3. The zero-order valence-corrected chi connectivity index (χ0v) is 12.5. The van der Waals surface area contributed by atoms with E-state index in [4.69, 9.17) is 4.74 Å². The van der Waals surface area contributed by atoms with Crippen molar-refractivity contribution in [2.24, 2.45) is 5.10 Å². The number of morpholine rings is 1. The summed E-state index contributed by atoms with van der Waals surface area (Å²) in [5.74, 6) is -0.111. The molecule has 0 aliphatic carbocycles. The lowest BCUT2D eigenvalue weighted by Gasteiger charge is -2.24. The molecule has 1 aromatic rings. The Hall–Kier alpha value is -2.08. The van der Waals surface area contributed by atoms with E-state index in [-0.39, 0.29) is 5.91 Å². The Balaban J connectivity index is 1.61. The molecule has 0 radical (unpaired) electrons. The molecule has 0 unspecified atom stereocenters. The third kappa shape index (κ3) is 2.43. The maximum Gasteiger partial charge on any atom is 0.276 e. The van der Waals surface area contributed by atoms with Crippen molar-refractivity contribution >= 4 is 23.0 Å². The second-order valence-electron chi connectivity index (χ2n) is 5.89. The number of nitrogens with one attached hydrogen (secondary N) is 1. The van der Waals surface area contributed by atoms with Gasteiger partial charge in [-0.2, -0.15) is 5.10 Å². The minimum atomic E-state index is -0.111. The van der Waals surface area contributed by atoms with Crippen molar-refractivity contribution in [1.82, 2.24) is 5.01 Å². The average molecular weight is 300 g/mol. The molecule has 22 heavy (non-hydrogen) atoms. The van der Waals surface area contributed by atoms with Crippen molar-refractivity contribution in [3.05, 3.63) is 23.8 Å². The van der Waals surface area contributed by atoms with Gasteiger partial charge in [0.1, 0.15) is 0 Å². The largest absolute Gasteiger partial charge is 0.378 e. The molecule has 1 amide bonds. The number of hydrogen-bond acceptors (Lipinski definition) is 5. The number of ether oxygens (including phenoxy) is 1. The predicted octanol–water partition coefficient (Wildman–Crippen LogP) is 1.28. The Morgan fingerprint density at radius 3 is 2.64 bits per heavy atom. The molecular weight excluding hydrogens is 280 g/mol. The number of carbonyl (C=O) groups excluding carboxylic acids is 1. The number of fused-ring (bicyclic) bond motifs is 1. The standard InChI is InChI=1S/C16H20N4O2/c21-16-15(18-20-7-9-22-10-8-20)13-4-3-12(11-14(13)17-16)19-5-1-2-6-19/h3-4,11H,1-2,5-10H2,(H,17,18,21). The van der Waals surface area contributed by atoms with Crippen molar-refractivity contribution < 1.29 is 9.53 Å². The van der Waals surface area contributed by atoms with Crippen LogP contribution < -0.4 is 10.2 Å². The highest BCUT2D eigenvalue weighted by atomic mass is 16.5. The molecular formula is C16H20N4O2. The summed E-state index contributed by atoms with van der Waals surface area (Å²) in [6, 6.07) is 6.18. The molecule has 6 heteroatoms. The Morgan fingerprint density at radius 1 is 1.09 bits per heavy atom. The Kier molecular flexibility index (Phi) is 3.46. The summed E-state index contributed by atoms with van der Waals surface area (Å²) in [5.41, 5.74) is 3.48. The molecule has 4 rings (SSSR count). The van der Waals surface area contributed by atoms with Gasteiger partial charge in [0, 0.05) is 24.3 Å². The quantitative estimate of drug-likeness (QED) is 0.894. The van der Waals surface area contributed by atoms with Crippen molar-refractivity contribution in [2.45, 2.75) is 12.8 Å². The molecule has 0 aromatic heterocycles. The fourth-order valence-corrected chi connectivity index (χ4v) is 3.21. The molecule has 0 saturated carbocycles. The number of anilines is 2. The lowest BCUT2D eigenvalue weighted by atomic mass is 10.1. The molecule has 3 heterocycles. The molecule has 0 spiro atoms. The van der Waals surface area contributed by atoms with E-state index in [1.165, 1.54) is 18.5 Å². The second kappa shape index (κ2) is 5.61. The number of benzene rings is 1. The van der Waals surface area contributed by atoms with E-state index in [2.05, 4.69) is 27.5 Å². The van der Waals surface area contributed by atoms with E-state index in [0.29, 0.717) is 18.9 Å². The molecule has 0 bridgehead atoms. The van der Waals surface area contributed by atoms with E-state index in [9.17, 15) is 4.79 Å². The zero-order valence-electron chi connectivity index (χ0n) is 12.5. The summed E-state index contributed by atoms with van der Waals surface area (Å²) in [6.07, 6.45) is 2.49. The van der Waals surface area contributed by atoms with Gasteiger partial charge in [-0.25, -0.2) is 0 Å². The highest BCUT2D eigenvalue weighted by Gasteiger charge is 2.28. The van der Waals surface area contributed by atoms with Crippen LogP contribution in [-0.4, -0.2) is 56.0 Å². The molecule has 1 aromatic carbocycles. The third-order valence-electron chi connectivity index (χ3n) is 4.42. The SMILES string of the molecule is O=C1Nc2cc(N3CCCC3)ccc2/C1=N/N1CCOCC1. The lowest BCUT2D eigenvalue weighted by molar-refractivity contribution is -0.110. The van der Waals surface area contributed by atoms with Crippen molar-refractivity contribution in [3.63, 3.8) is 0 Å². The fourth-order valence-electron chi connectivity index (χ4n) is 3.21. The number of amides is 1.